The van der Waals surface area contributed by atoms with Crippen molar-refractivity contribution in [3.05, 3.63) is 29.8 Å². The van der Waals surface area contributed by atoms with Crippen molar-refractivity contribution < 1.29 is 8.78 Å². The fourth-order valence-electron chi connectivity index (χ4n) is 2.72. The van der Waals surface area contributed by atoms with E-state index in [2.05, 4.69) is 23.7 Å². The zero-order chi connectivity index (χ0) is 17.9. The Morgan fingerprint density at radius 2 is 2.00 bits per heavy atom. The number of hydrogen-bond acceptors (Lipinski definition) is 4. The van der Waals surface area contributed by atoms with Crippen LogP contribution in [0.1, 0.15) is 27.7 Å². The third kappa shape index (κ3) is 3.88. The molecular formula is C17H24F2N4S. The summed E-state index contributed by atoms with van der Waals surface area (Å²) in [7, 11) is 0. The number of likely N-dealkylation sites (N-methyl/N-ethyl adjacent to an activating group) is 1. The van der Waals surface area contributed by atoms with E-state index < -0.39 is 17.2 Å². The minimum atomic E-state index is -0.578. The molecule has 1 aromatic carbocycles. The predicted molar refractivity (Wildman–Crippen MR) is 96.6 cm³/mol. The molecule has 0 spiro atoms. The smallest absolute Gasteiger partial charge is 0.127 e. The normalized spacial score (nSPS) is 24.2. The fraction of sp³-hybridized carbons (Fsp3) is 0.529. The molecule has 1 aliphatic heterocycles. The van der Waals surface area contributed by atoms with Crippen molar-refractivity contribution in [3.8, 4) is 0 Å². The zero-order valence-corrected chi connectivity index (χ0v) is 15.3. The maximum atomic E-state index is 13.5. The van der Waals surface area contributed by atoms with Crippen LogP contribution in [0.4, 0.5) is 8.78 Å². The molecule has 1 aromatic rings. The van der Waals surface area contributed by atoms with Crippen LogP contribution in [0.5, 0.6) is 0 Å². The lowest BCUT2D eigenvalue weighted by Gasteiger charge is -2.38. The Kier molecular flexibility index (Phi) is 5.85. The lowest BCUT2D eigenvalue weighted by Crippen LogP contribution is -2.49. The number of benzene rings is 1. The van der Waals surface area contributed by atoms with Crippen LogP contribution in [-0.2, 0) is 0 Å². The van der Waals surface area contributed by atoms with Crippen molar-refractivity contribution in [2.45, 2.75) is 43.5 Å². The summed E-state index contributed by atoms with van der Waals surface area (Å²) in [5.74, 6) is -0.471. The fourth-order valence-corrected chi connectivity index (χ4v) is 4.29. The second kappa shape index (κ2) is 7.51. The summed E-state index contributed by atoms with van der Waals surface area (Å²) in [5.41, 5.74) is 5.22. The maximum absolute atomic E-state index is 13.5. The van der Waals surface area contributed by atoms with Gasteiger partial charge in [-0.3, -0.25) is 9.98 Å². The van der Waals surface area contributed by atoms with Crippen LogP contribution in [0.3, 0.4) is 0 Å². The number of nitrogens with zero attached hydrogens (tertiary/aromatic N) is 3. The van der Waals surface area contributed by atoms with E-state index in [1.807, 2.05) is 13.3 Å². The standard InChI is InChI=1S/C17H24F2N4S/c1-5-23-10-22-17(11(2)3,9-21-12(4)20)16(23)24-15-7-13(18)6-14(19)8-15/h6-8,10-11,16H,5,9H2,1-4H3,(H2,20,21). The monoisotopic (exact) mass is 354 g/mol. The zero-order valence-electron chi connectivity index (χ0n) is 14.5. The van der Waals surface area contributed by atoms with Crippen LogP contribution < -0.4 is 5.73 Å². The summed E-state index contributed by atoms with van der Waals surface area (Å²) in [4.78, 5) is 11.8. The molecule has 2 N–H and O–H groups in total. The molecule has 0 saturated heterocycles. The van der Waals surface area contributed by atoms with Crippen molar-refractivity contribution in [1.82, 2.24) is 4.90 Å². The number of thioether (sulfide) groups is 1. The van der Waals surface area contributed by atoms with E-state index in [0.29, 0.717) is 17.3 Å². The van der Waals surface area contributed by atoms with E-state index in [-0.39, 0.29) is 11.3 Å². The van der Waals surface area contributed by atoms with Gasteiger partial charge in [-0.05, 0) is 31.9 Å². The topological polar surface area (TPSA) is 54.0 Å². The number of rotatable bonds is 6. The van der Waals surface area contributed by atoms with Gasteiger partial charge in [-0.1, -0.05) is 25.6 Å². The molecule has 24 heavy (non-hydrogen) atoms. The Morgan fingerprint density at radius 1 is 1.38 bits per heavy atom. The highest BCUT2D eigenvalue weighted by molar-refractivity contribution is 8.00. The average Bonchev–Trinajstić information content (AvgIpc) is 2.83. The molecule has 0 fully saturated rings. The van der Waals surface area contributed by atoms with E-state index in [4.69, 9.17) is 10.7 Å². The molecule has 1 aliphatic rings. The molecule has 2 atom stereocenters. The summed E-state index contributed by atoms with van der Waals surface area (Å²) in [6, 6.07) is 3.58. The van der Waals surface area contributed by atoms with Crippen molar-refractivity contribution in [2.75, 3.05) is 13.1 Å². The summed E-state index contributed by atoms with van der Waals surface area (Å²) < 4.78 is 27.1. The van der Waals surface area contributed by atoms with Gasteiger partial charge in [-0.25, -0.2) is 8.78 Å². The van der Waals surface area contributed by atoms with Crippen molar-refractivity contribution in [3.63, 3.8) is 0 Å². The van der Waals surface area contributed by atoms with Gasteiger partial charge in [0.15, 0.2) is 0 Å². The van der Waals surface area contributed by atoms with Gasteiger partial charge in [0.25, 0.3) is 0 Å². The quantitative estimate of drug-likeness (QED) is 0.628. The largest absolute Gasteiger partial charge is 0.388 e. The molecule has 0 aromatic heterocycles. The van der Waals surface area contributed by atoms with Crippen molar-refractivity contribution in [1.29, 1.82) is 0 Å². The number of aliphatic imine (C=N–C) groups is 2. The van der Waals surface area contributed by atoms with Crippen LogP contribution in [0.15, 0.2) is 33.1 Å². The molecule has 0 radical (unpaired) electrons. The van der Waals surface area contributed by atoms with Gasteiger partial charge in [-0.2, -0.15) is 0 Å². The predicted octanol–water partition coefficient (Wildman–Crippen LogP) is 3.52. The Hall–Kier alpha value is -1.63. The summed E-state index contributed by atoms with van der Waals surface area (Å²) >= 11 is 1.41. The van der Waals surface area contributed by atoms with E-state index in [9.17, 15) is 8.78 Å². The van der Waals surface area contributed by atoms with Gasteiger partial charge in [0.05, 0.1) is 18.7 Å². The van der Waals surface area contributed by atoms with Gasteiger partial charge in [0.2, 0.25) is 0 Å². The van der Waals surface area contributed by atoms with Crippen LogP contribution in [0, 0.1) is 17.6 Å². The highest BCUT2D eigenvalue weighted by Gasteiger charge is 2.48. The van der Waals surface area contributed by atoms with E-state index >= 15 is 0 Å². The van der Waals surface area contributed by atoms with Crippen LogP contribution in [-0.4, -0.2) is 41.1 Å². The van der Waals surface area contributed by atoms with Gasteiger partial charge in [-0.15, -0.1) is 0 Å². The molecule has 1 heterocycles. The van der Waals surface area contributed by atoms with Gasteiger partial charge >= 0.3 is 0 Å². The lowest BCUT2D eigenvalue weighted by atomic mass is 9.87. The minimum absolute atomic E-state index is 0.105. The maximum Gasteiger partial charge on any atom is 0.127 e. The third-order valence-corrected chi connectivity index (χ3v) is 5.62. The first-order valence-electron chi connectivity index (χ1n) is 7.99. The van der Waals surface area contributed by atoms with Crippen LogP contribution >= 0.6 is 11.8 Å². The molecule has 7 heteroatoms. The third-order valence-electron chi connectivity index (χ3n) is 4.21. The van der Waals surface area contributed by atoms with Gasteiger partial charge < -0.3 is 10.6 Å². The first-order valence-corrected chi connectivity index (χ1v) is 8.87. The molecule has 4 nitrogen and oxygen atoms in total. The number of halogens is 2. The molecule has 132 valence electrons. The SMILES string of the molecule is CCN1C=NC(CN=C(C)N)(C(C)C)C1Sc1cc(F)cc(F)c1. The highest BCUT2D eigenvalue weighted by atomic mass is 32.2. The first-order chi connectivity index (χ1) is 11.3. The molecule has 0 amide bonds. The Labute approximate surface area is 146 Å². The molecule has 2 rings (SSSR count). The summed E-state index contributed by atoms with van der Waals surface area (Å²) in [5, 5.41) is -0.105. The molecular weight excluding hydrogens is 330 g/mol. The van der Waals surface area contributed by atoms with Gasteiger partial charge in [0.1, 0.15) is 22.5 Å². The van der Waals surface area contributed by atoms with Crippen molar-refractivity contribution in [2.24, 2.45) is 21.6 Å². The Morgan fingerprint density at radius 3 is 2.50 bits per heavy atom. The number of nitrogens with two attached hydrogens (primary N) is 1. The van der Waals surface area contributed by atoms with E-state index in [1.165, 1.54) is 23.9 Å². The Bertz CT molecular complexity index is 623. The number of hydrogen-bond donors (Lipinski definition) is 1. The first kappa shape index (κ1) is 18.7. The average molecular weight is 354 g/mol. The van der Waals surface area contributed by atoms with Gasteiger partial charge in [0, 0.05) is 17.5 Å². The molecule has 0 saturated carbocycles. The number of amidine groups is 1. The molecule has 0 aliphatic carbocycles. The van der Waals surface area contributed by atoms with E-state index in [0.717, 1.165) is 12.6 Å². The molecule has 2 unspecified atom stereocenters. The second-order valence-electron chi connectivity index (χ2n) is 6.25. The van der Waals surface area contributed by atoms with E-state index in [1.54, 1.807) is 6.92 Å². The van der Waals surface area contributed by atoms with Crippen LogP contribution in [0.25, 0.3) is 0 Å². The minimum Gasteiger partial charge on any atom is -0.388 e. The van der Waals surface area contributed by atoms with Crippen LogP contribution in [0.2, 0.25) is 0 Å². The second-order valence-corrected chi connectivity index (χ2v) is 7.41. The highest BCUT2D eigenvalue weighted by Crippen LogP contribution is 2.42. The Balaban J connectivity index is 2.38. The lowest BCUT2D eigenvalue weighted by molar-refractivity contribution is 0.257. The molecule has 0 bridgehead atoms. The summed E-state index contributed by atoms with van der Waals surface area (Å²) in [6.07, 6.45) is 1.81. The van der Waals surface area contributed by atoms with Crippen molar-refractivity contribution >= 4 is 23.9 Å². The summed E-state index contributed by atoms with van der Waals surface area (Å²) in [6.45, 7) is 9.12.